The third kappa shape index (κ3) is 4.20. The van der Waals surface area contributed by atoms with E-state index in [-0.39, 0.29) is 0 Å². The molecule has 2 heterocycles. The fourth-order valence-electron chi connectivity index (χ4n) is 2.97. The van der Waals surface area contributed by atoms with Gasteiger partial charge in [0.05, 0.1) is 0 Å². The van der Waals surface area contributed by atoms with Crippen LogP contribution in [0.3, 0.4) is 0 Å². The fraction of sp³-hybridized carbons (Fsp3) is 0.444. The summed E-state index contributed by atoms with van der Waals surface area (Å²) in [6, 6.07) is 10.7. The summed E-state index contributed by atoms with van der Waals surface area (Å²) in [5.74, 6) is 1.88. The van der Waals surface area contributed by atoms with Gasteiger partial charge in [0.2, 0.25) is 0 Å². The number of rotatable bonds is 6. The highest BCUT2D eigenvalue weighted by molar-refractivity contribution is 5.60. The number of nitrogens with zero attached hydrogens (tertiary/aromatic N) is 4. The lowest BCUT2D eigenvalue weighted by Gasteiger charge is -2.35. The van der Waals surface area contributed by atoms with Gasteiger partial charge in [0.15, 0.2) is 11.6 Å². The van der Waals surface area contributed by atoms with E-state index in [1.165, 1.54) is 5.56 Å². The van der Waals surface area contributed by atoms with E-state index in [4.69, 9.17) is 0 Å². The number of piperazine rings is 1. The van der Waals surface area contributed by atoms with Gasteiger partial charge in [0.25, 0.3) is 0 Å². The molecular formula is C18H25N5. The molecule has 0 atom stereocenters. The molecule has 1 aliphatic rings. The molecule has 0 aliphatic carbocycles. The van der Waals surface area contributed by atoms with E-state index in [0.29, 0.717) is 0 Å². The number of hydrogen-bond acceptors (Lipinski definition) is 5. The van der Waals surface area contributed by atoms with Crippen LogP contribution >= 0.6 is 0 Å². The molecule has 1 fully saturated rings. The van der Waals surface area contributed by atoms with Gasteiger partial charge in [-0.05, 0) is 18.9 Å². The van der Waals surface area contributed by atoms with Crippen molar-refractivity contribution in [3.63, 3.8) is 0 Å². The van der Waals surface area contributed by atoms with Crippen LogP contribution < -0.4 is 10.2 Å². The summed E-state index contributed by atoms with van der Waals surface area (Å²) >= 11 is 0. The Morgan fingerprint density at radius 2 is 1.74 bits per heavy atom. The first-order valence-electron chi connectivity index (χ1n) is 8.43. The van der Waals surface area contributed by atoms with Crippen molar-refractivity contribution < 1.29 is 0 Å². The Balaban J connectivity index is 1.52. The second-order valence-corrected chi connectivity index (χ2v) is 5.82. The molecule has 1 aromatic heterocycles. The molecule has 0 saturated carbocycles. The molecule has 5 nitrogen and oxygen atoms in total. The summed E-state index contributed by atoms with van der Waals surface area (Å²) in [4.78, 5) is 13.8. The van der Waals surface area contributed by atoms with Crippen LogP contribution in [0.5, 0.6) is 0 Å². The van der Waals surface area contributed by atoms with Crippen LogP contribution in [-0.4, -0.2) is 54.1 Å². The Labute approximate surface area is 138 Å². The molecule has 2 aromatic rings. The van der Waals surface area contributed by atoms with Gasteiger partial charge >= 0.3 is 0 Å². The Morgan fingerprint density at radius 3 is 2.48 bits per heavy atom. The maximum absolute atomic E-state index is 4.52. The van der Waals surface area contributed by atoms with Crippen molar-refractivity contribution in [1.29, 1.82) is 0 Å². The highest BCUT2D eigenvalue weighted by Gasteiger charge is 2.20. The van der Waals surface area contributed by atoms with Crippen LogP contribution in [0.1, 0.15) is 12.5 Å². The van der Waals surface area contributed by atoms with E-state index in [2.05, 4.69) is 62.3 Å². The molecule has 122 valence electrons. The molecule has 23 heavy (non-hydrogen) atoms. The quantitative estimate of drug-likeness (QED) is 0.886. The summed E-state index contributed by atoms with van der Waals surface area (Å²) in [5, 5.41) is 3.30. The Kier molecular flexibility index (Phi) is 5.42. The molecule has 0 radical (unpaired) electrons. The molecular weight excluding hydrogens is 286 g/mol. The maximum atomic E-state index is 4.52. The lowest BCUT2D eigenvalue weighted by molar-refractivity contribution is 0.260. The van der Waals surface area contributed by atoms with E-state index in [1.54, 1.807) is 12.4 Å². The zero-order valence-electron chi connectivity index (χ0n) is 13.8. The average Bonchev–Trinajstić information content (AvgIpc) is 2.62. The molecule has 0 bridgehead atoms. The Morgan fingerprint density at radius 1 is 1.00 bits per heavy atom. The van der Waals surface area contributed by atoms with E-state index < -0.39 is 0 Å². The van der Waals surface area contributed by atoms with Gasteiger partial charge in [0, 0.05) is 51.7 Å². The summed E-state index contributed by atoms with van der Waals surface area (Å²) < 4.78 is 0. The van der Waals surface area contributed by atoms with Crippen LogP contribution in [0.15, 0.2) is 42.7 Å². The molecule has 0 unspecified atom stereocenters. The number of aromatic nitrogens is 2. The van der Waals surface area contributed by atoms with Gasteiger partial charge in [-0.2, -0.15) is 0 Å². The normalized spacial score (nSPS) is 15.6. The van der Waals surface area contributed by atoms with Crippen LogP contribution in [-0.2, 0) is 6.42 Å². The first-order valence-corrected chi connectivity index (χ1v) is 8.43. The minimum Gasteiger partial charge on any atom is -0.367 e. The molecule has 1 aromatic carbocycles. The SMILES string of the molecule is CCNc1nccnc1N1CCN(CCc2ccccc2)CC1. The highest BCUT2D eigenvalue weighted by atomic mass is 15.3. The van der Waals surface area contributed by atoms with E-state index in [1.807, 2.05) is 0 Å². The second kappa shape index (κ2) is 7.92. The van der Waals surface area contributed by atoms with Crippen LogP contribution in [0.25, 0.3) is 0 Å². The summed E-state index contributed by atoms with van der Waals surface area (Å²) in [6.07, 6.45) is 4.64. The van der Waals surface area contributed by atoms with Crippen LogP contribution in [0.4, 0.5) is 11.6 Å². The third-order valence-corrected chi connectivity index (χ3v) is 4.25. The van der Waals surface area contributed by atoms with Gasteiger partial charge in [-0.1, -0.05) is 30.3 Å². The zero-order chi connectivity index (χ0) is 15.9. The molecule has 5 heteroatoms. The topological polar surface area (TPSA) is 44.3 Å². The average molecular weight is 311 g/mol. The van der Waals surface area contributed by atoms with Crippen LogP contribution in [0.2, 0.25) is 0 Å². The van der Waals surface area contributed by atoms with Crippen molar-refractivity contribution in [2.75, 3.05) is 49.5 Å². The van der Waals surface area contributed by atoms with E-state index in [0.717, 1.165) is 57.3 Å². The van der Waals surface area contributed by atoms with Crippen molar-refractivity contribution in [3.8, 4) is 0 Å². The Bertz CT molecular complexity index is 593. The summed E-state index contributed by atoms with van der Waals surface area (Å²) in [5.41, 5.74) is 1.42. The largest absolute Gasteiger partial charge is 0.367 e. The molecule has 0 spiro atoms. The smallest absolute Gasteiger partial charge is 0.171 e. The standard InChI is InChI=1S/C18H25N5/c1-2-19-17-18(21-10-9-20-17)23-14-12-22(13-15-23)11-8-16-6-4-3-5-7-16/h3-7,9-10H,2,8,11-15H2,1H3,(H,19,20). The van der Waals surface area contributed by atoms with Gasteiger partial charge < -0.3 is 10.2 Å². The monoisotopic (exact) mass is 311 g/mol. The maximum Gasteiger partial charge on any atom is 0.171 e. The minimum atomic E-state index is 0.864. The minimum absolute atomic E-state index is 0.864. The molecule has 1 N–H and O–H groups in total. The number of anilines is 2. The predicted octanol–water partition coefficient (Wildman–Crippen LogP) is 2.27. The first-order chi connectivity index (χ1) is 11.4. The fourth-order valence-corrected chi connectivity index (χ4v) is 2.97. The van der Waals surface area contributed by atoms with Gasteiger partial charge in [-0.3, -0.25) is 4.90 Å². The van der Waals surface area contributed by atoms with Crippen molar-refractivity contribution in [3.05, 3.63) is 48.3 Å². The number of hydrogen-bond donors (Lipinski definition) is 1. The molecule has 1 saturated heterocycles. The van der Waals surface area contributed by atoms with E-state index in [9.17, 15) is 0 Å². The van der Waals surface area contributed by atoms with Crippen molar-refractivity contribution >= 4 is 11.6 Å². The molecule has 3 rings (SSSR count). The lowest BCUT2D eigenvalue weighted by atomic mass is 10.1. The van der Waals surface area contributed by atoms with E-state index >= 15 is 0 Å². The first kappa shape index (κ1) is 15.7. The van der Waals surface area contributed by atoms with Crippen LogP contribution in [0, 0.1) is 0 Å². The molecule has 0 amide bonds. The third-order valence-electron chi connectivity index (χ3n) is 4.25. The number of benzene rings is 1. The Hall–Kier alpha value is -2.14. The zero-order valence-corrected chi connectivity index (χ0v) is 13.8. The summed E-state index contributed by atoms with van der Waals surface area (Å²) in [6.45, 7) is 8.24. The highest BCUT2D eigenvalue weighted by Crippen LogP contribution is 2.21. The molecule has 1 aliphatic heterocycles. The second-order valence-electron chi connectivity index (χ2n) is 5.82. The predicted molar refractivity (Wildman–Crippen MR) is 95.0 cm³/mol. The van der Waals surface area contributed by atoms with Crippen molar-refractivity contribution in [1.82, 2.24) is 14.9 Å². The summed E-state index contributed by atoms with van der Waals surface area (Å²) in [7, 11) is 0. The lowest BCUT2D eigenvalue weighted by Crippen LogP contribution is -2.47. The van der Waals surface area contributed by atoms with Crippen molar-refractivity contribution in [2.45, 2.75) is 13.3 Å². The van der Waals surface area contributed by atoms with Gasteiger partial charge in [0.1, 0.15) is 0 Å². The van der Waals surface area contributed by atoms with Gasteiger partial charge in [-0.15, -0.1) is 0 Å². The van der Waals surface area contributed by atoms with Crippen molar-refractivity contribution in [2.24, 2.45) is 0 Å². The number of nitrogens with one attached hydrogen (secondary N) is 1. The van der Waals surface area contributed by atoms with Gasteiger partial charge in [-0.25, -0.2) is 9.97 Å².